The summed E-state index contributed by atoms with van der Waals surface area (Å²) in [6, 6.07) is 2.28. The Balaban J connectivity index is 1.39. The Hall–Kier alpha value is -1.89. The number of thiophene rings is 1. The molecule has 1 aliphatic carbocycles. The standard InChI is InChI=1S/C20H24N4O3S2/c21-7-2-8-24(13-5-9-27-10-6-13)17(25)12-28-11-16-22-19(26)18-14-3-1-4-15(14)29-20(18)23-16/h13H,1-6,8-12H2,(H,22,23,26). The number of aryl methyl sites for hydroxylation is 2. The molecule has 154 valence electrons. The molecule has 1 amide bonds. The van der Waals surface area contributed by atoms with Crippen molar-refractivity contribution in [3.63, 3.8) is 0 Å². The molecule has 7 nitrogen and oxygen atoms in total. The second-order valence-electron chi connectivity index (χ2n) is 7.38. The van der Waals surface area contributed by atoms with Crippen molar-refractivity contribution in [2.45, 2.75) is 50.3 Å². The zero-order valence-electron chi connectivity index (χ0n) is 16.2. The summed E-state index contributed by atoms with van der Waals surface area (Å²) in [6.07, 6.45) is 5.09. The third kappa shape index (κ3) is 4.49. The van der Waals surface area contributed by atoms with Crippen LogP contribution in [0.3, 0.4) is 0 Å². The molecule has 0 bridgehead atoms. The number of nitrogens with one attached hydrogen (secondary N) is 1. The minimum Gasteiger partial charge on any atom is -0.381 e. The minimum absolute atomic E-state index is 0.0377. The van der Waals surface area contributed by atoms with E-state index in [4.69, 9.17) is 10.00 Å². The van der Waals surface area contributed by atoms with E-state index >= 15 is 0 Å². The number of rotatable bonds is 7. The van der Waals surface area contributed by atoms with Crippen LogP contribution in [0.5, 0.6) is 0 Å². The number of H-pyrrole nitrogens is 1. The van der Waals surface area contributed by atoms with Crippen LogP contribution in [0.2, 0.25) is 0 Å². The fourth-order valence-corrected chi connectivity index (χ4v) is 6.16. The average molecular weight is 433 g/mol. The van der Waals surface area contributed by atoms with Gasteiger partial charge in [-0.15, -0.1) is 23.1 Å². The zero-order chi connectivity index (χ0) is 20.2. The van der Waals surface area contributed by atoms with Gasteiger partial charge in [-0.3, -0.25) is 9.59 Å². The predicted molar refractivity (Wildman–Crippen MR) is 114 cm³/mol. The van der Waals surface area contributed by atoms with E-state index in [9.17, 15) is 9.59 Å². The SMILES string of the molecule is N#CCCN(C(=O)CSCc1nc2sc3c(c2c(=O)[nH]1)CCC3)C1CCOCC1. The number of fused-ring (bicyclic) bond motifs is 3. The second-order valence-corrected chi connectivity index (χ2v) is 9.45. The zero-order valence-corrected chi connectivity index (χ0v) is 17.9. The van der Waals surface area contributed by atoms with Gasteiger partial charge < -0.3 is 14.6 Å². The molecule has 0 radical (unpaired) electrons. The Morgan fingerprint density at radius 2 is 2.21 bits per heavy atom. The molecular weight excluding hydrogens is 408 g/mol. The maximum Gasteiger partial charge on any atom is 0.259 e. The van der Waals surface area contributed by atoms with Crippen LogP contribution in [0.4, 0.5) is 0 Å². The van der Waals surface area contributed by atoms with E-state index in [1.807, 2.05) is 4.90 Å². The van der Waals surface area contributed by atoms with Crippen molar-refractivity contribution in [2.24, 2.45) is 0 Å². The van der Waals surface area contributed by atoms with Gasteiger partial charge in [0.05, 0.1) is 29.4 Å². The summed E-state index contributed by atoms with van der Waals surface area (Å²) in [6.45, 7) is 1.77. The number of thioether (sulfide) groups is 1. The van der Waals surface area contributed by atoms with E-state index in [2.05, 4.69) is 16.0 Å². The van der Waals surface area contributed by atoms with Crippen LogP contribution in [-0.2, 0) is 28.1 Å². The molecule has 2 aromatic heterocycles. The number of carbonyl (C=O) groups is 1. The molecule has 1 N–H and O–H groups in total. The fraction of sp³-hybridized carbons (Fsp3) is 0.600. The van der Waals surface area contributed by atoms with Gasteiger partial charge in [0.2, 0.25) is 5.91 Å². The molecule has 0 unspecified atom stereocenters. The van der Waals surface area contributed by atoms with Crippen molar-refractivity contribution >= 4 is 39.2 Å². The van der Waals surface area contributed by atoms with Gasteiger partial charge in [-0.05, 0) is 37.7 Å². The molecule has 1 aliphatic heterocycles. The smallest absolute Gasteiger partial charge is 0.259 e. The second kappa shape index (κ2) is 9.28. The summed E-state index contributed by atoms with van der Waals surface area (Å²) in [5.41, 5.74) is 1.12. The Labute approximate surface area is 177 Å². The highest BCUT2D eigenvalue weighted by atomic mass is 32.2. The number of nitriles is 1. The fourth-order valence-electron chi connectivity index (χ4n) is 4.11. The lowest BCUT2D eigenvalue weighted by Gasteiger charge is -2.34. The molecule has 2 aromatic rings. The van der Waals surface area contributed by atoms with Crippen molar-refractivity contribution in [2.75, 3.05) is 25.5 Å². The first-order valence-electron chi connectivity index (χ1n) is 10.0. The van der Waals surface area contributed by atoms with Crippen LogP contribution < -0.4 is 5.56 Å². The van der Waals surface area contributed by atoms with E-state index in [-0.39, 0.29) is 17.5 Å². The van der Waals surface area contributed by atoms with E-state index in [1.165, 1.54) is 22.2 Å². The maximum atomic E-state index is 12.8. The molecular formula is C20H24N4O3S2. The topological polar surface area (TPSA) is 99.1 Å². The van der Waals surface area contributed by atoms with Crippen molar-refractivity contribution < 1.29 is 9.53 Å². The summed E-state index contributed by atoms with van der Waals surface area (Å²) in [5, 5.41) is 9.68. The van der Waals surface area contributed by atoms with Crippen LogP contribution >= 0.6 is 23.1 Å². The molecule has 0 atom stereocenters. The number of aromatic amines is 1. The normalized spacial score (nSPS) is 16.7. The summed E-state index contributed by atoms with van der Waals surface area (Å²) in [4.78, 5) is 36.8. The Bertz CT molecular complexity index is 988. The Morgan fingerprint density at radius 1 is 1.38 bits per heavy atom. The van der Waals surface area contributed by atoms with Crippen molar-refractivity contribution in [3.05, 3.63) is 26.6 Å². The Kier molecular flexibility index (Phi) is 6.53. The van der Waals surface area contributed by atoms with Crippen LogP contribution in [0.15, 0.2) is 4.79 Å². The van der Waals surface area contributed by atoms with Crippen LogP contribution in [-0.4, -0.2) is 52.3 Å². The van der Waals surface area contributed by atoms with Gasteiger partial charge in [-0.2, -0.15) is 5.26 Å². The van der Waals surface area contributed by atoms with Gasteiger partial charge in [-0.1, -0.05) is 0 Å². The summed E-state index contributed by atoms with van der Waals surface area (Å²) in [7, 11) is 0. The van der Waals surface area contributed by atoms with Gasteiger partial charge in [-0.25, -0.2) is 4.98 Å². The molecule has 2 aliphatic rings. The molecule has 3 heterocycles. The first-order valence-corrected chi connectivity index (χ1v) is 12.0. The predicted octanol–water partition coefficient (Wildman–Crippen LogP) is 2.63. The minimum atomic E-state index is -0.0609. The molecule has 1 saturated heterocycles. The third-order valence-corrected chi connectivity index (χ3v) is 7.62. The monoisotopic (exact) mass is 432 g/mol. The molecule has 29 heavy (non-hydrogen) atoms. The van der Waals surface area contributed by atoms with Gasteiger partial charge in [0.25, 0.3) is 5.56 Å². The van der Waals surface area contributed by atoms with E-state index in [0.29, 0.717) is 43.5 Å². The lowest BCUT2D eigenvalue weighted by Crippen LogP contribution is -2.44. The molecule has 0 aromatic carbocycles. The number of nitrogens with zero attached hydrogens (tertiary/aromatic N) is 3. The van der Waals surface area contributed by atoms with E-state index < -0.39 is 0 Å². The first kappa shape index (κ1) is 20.4. The number of carbonyl (C=O) groups excluding carboxylic acids is 1. The number of aromatic nitrogens is 2. The highest BCUT2D eigenvalue weighted by molar-refractivity contribution is 7.99. The van der Waals surface area contributed by atoms with Crippen molar-refractivity contribution in [1.82, 2.24) is 14.9 Å². The van der Waals surface area contributed by atoms with Gasteiger partial charge in [0, 0.05) is 30.7 Å². The summed E-state index contributed by atoms with van der Waals surface area (Å²) < 4.78 is 5.39. The van der Waals surface area contributed by atoms with Crippen LogP contribution in [0.25, 0.3) is 10.2 Å². The number of hydrogen-bond donors (Lipinski definition) is 1. The van der Waals surface area contributed by atoms with E-state index in [0.717, 1.165) is 42.3 Å². The van der Waals surface area contributed by atoms with E-state index in [1.54, 1.807) is 11.3 Å². The largest absolute Gasteiger partial charge is 0.381 e. The lowest BCUT2D eigenvalue weighted by molar-refractivity contribution is -0.132. The van der Waals surface area contributed by atoms with Crippen molar-refractivity contribution in [1.29, 1.82) is 5.26 Å². The quantitative estimate of drug-likeness (QED) is 0.722. The maximum absolute atomic E-state index is 12.8. The molecule has 0 spiro atoms. The highest BCUT2D eigenvalue weighted by Crippen LogP contribution is 2.34. The lowest BCUT2D eigenvalue weighted by atomic mass is 10.1. The Morgan fingerprint density at radius 3 is 3.00 bits per heavy atom. The summed E-state index contributed by atoms with van der Waals surface area (Å²) >= 11 is 3.08. The summed E-state index contributed by atoms with van der Waals surface area (Å²) in [5.74, 6) is 1.45. The number of hydrogen-bond acceptors (Lipinski definition) is 7. The van der Waals surface area contributed by atoms with Gasteiger partial charge in [0.15, 0.2) is 0 Å². The number of ether oxygens (including phenoxy) is 1. The third-order valence-electron chi connectivity index (χ3n) is 5.50. The molecule has 4 rings (SSSR count). The van der Waals surface area contributed by atoms with Crippen LogP contribution in [0.1, 0.15) is 41.9 Å². The van der Waals surface area contributed by atoms with Gasteiger partial charge in [0.1, 0.15) is 10.7 Å². The van der Waals surface area contributed by atoms with Crippen LogP contribution in [0, 0.1) is 11.3 Å². The number of amides is 1. The highest BCUT2D eigenvalue weighted by Gasteiger charge is 2.25. The first-order chi connectivity index (χ1) is 14.2. The molecule has 1 fully saturated rings. The van der Waals surface area contributed by atoms with Gasteiger partial charge >= 0.3 is 0 Å². The molecule has 9 heteroatoms. The van der Waals surface area contributed by atoms with Crippen molar-refractivity contribution in [3.8, 4) is 6.07 Å². The molecule has 0 saturated carbocycles. The average Bonchev–Trinajstić information content (AvgIpc) is 3.30.